The van der Waals surface area contributed by atoms with Gasteiger partial charge in [0, 0.05) is 13.0 Å². The Morgan fingerprint density at radius 1 is 1.23 bits per heavy atom. The molecule has 0 heterocycles. The zero-order chi connectivity index (χ0) is 17.3. The van der Waals surface area contributed by atoms with Crippen molar-refractivity contribution < 1.29 is 19.5 Å². The summed E-state index contributed by atoms with van der Waals surface area (Å²) in [4.78, 5) is 35.0. The first-order valence-corrected chi connectivity index (χ1v) is 7.34. The van der Waals surface area contributed by atoms with Crippen LogP contribution in [-0.2, 0) is 14.4 Å². The Labute approximate surface area is 131 Å². The van der Waals surface area contributed by atoms with Gasteiger partial charge in [-0.25, -0.2) is 4.79 Å². The van der Waals surface area contributed by atoms with Crippen LogP contribution in [0, 0.1) is 11.8 Å². The predicted octanol–water partition coefficient (Wildman–Crippen LogP) is 0.258. The predicted molar refractivity (Wildman–Crippen MR) is 84.0 cm³/mol. The molecule has 0 spiro atoms. The van der Waals surface area contributed by atoms with Gasteiger partial charge in [-0.15, -0.1) is 6.58 Å². The molecule has 7 heteroatoms. The highest BCUT2D eigenvalue weighted by Crippen LogP contribution is 2.13. The first-order valence-electron chi connectivity index (χ1n) is 7.34. The molecule has 0 rings (SSSR count). The molecule has 0 saturated carbocycles. The van der Waals surface area contributed by atoms with E-state index in [0.29, 0.717) is 12.8 Å². The number of aliphatic carboxylic acids is 1. The fourth-order valence-electron chi connectivity index (χ4n) is 2.12. The molecule has 3 atom stereocenters. The topological polar surface area (TPSA) is 122 Å². The van der Waals surface area contributed by atoms with Gasteiger partial charge in [0.25, 0.3) is 0 Å². The molecule has 22 heavy (non-hydrogen) atoms. The number of nitrogens with two attached hydrogens (primary N) is 1. The van der Waals surface area contributed by atoms with Crippen molar-refractivity contribution in [2.24, 2.45) is 17.6 Å². The van der Waals surface area contributed by atoms with Gasteiger partial charge < -0.3 is 21.5 Å². The molecular formula is C15H27N3O4. The van der Waals surface area contributed by atoms with Crippen LogP contribution in [0.2, 0.25) is 0 Å². The summed E-state index contributed by atoms with van der Waals surface area (Å²) < 4.78 is 0. The number of allylic oxidation sites excluding steroid dienone is 1. The Morgan fingerprint density at radius 2 is 1.82 bits per heavy atom. The van der Waals surface area contributed by atoms with Crippen molar-refractivity contribution in [1.29, 1.82) is 0 Å². The van der Waals surface area contributed by atoms with E-state index in [0.717, 1.165) is 0 Å². The lowest BCUT2D eigenvalue weighted by Gasteiger charge is -2.22. The van der Waals surface area contributed by atoms with E-state index in [1.54, 1.807) is 6.08 Å². The van der Waals surface area contributed by atoms with Crippen LogP contribution in [0.5, 0.6) is 0 Å². The molecule has 1 unspecified atom stereocenters. The number of hydrogen-bond acceptors (Lipinski definition) is 4. The minimum atomic E-state index is -1.19. The maximum Gasteiger partial charge on any atom is 0.326 e. The average molecular weight is 313 g/mol. The molecule has 0 aromatic heterocycles. The molecule has 0 fully saturated rings. The number of carbonyl (C=O) groups excluding carboxylic acids is 2. The number of rotatable bonds is 10. The van der Waals surface area contributed by atoms with Crippen molar-refractivity contribution in [2.75, 3.05) is 7.05 Å². The molecule has 0 aliphatic carbocycles. The Kier molecular flexibility index (Phi) is 9.09. The van der Waals surface area contributed by atoms with Gasteiger partial charge in [-0.05, 0) is 25.2 Å². The van der Waals surface area contributed by atoms with Crippen LogP contribution in [0.15, 0.2) is 12.7 Å². The summed E-state index contributed by atoms with van der Waals surface area (Å²) in [5, 5.41) is 14.1. The van der Waals surface area contributed by atoms with Crippen molar-refractivity contribution in [3.63, 3.8) is 0 Å². The molecule has 0 aliphatic heterocycles. The largest absolute Gasteiger partial charge is 0.480 e. The zero-order valence-corrected chi connectivity index (χ0v) is 13.5. The second-order valence-corrected chi connectivity index (χ2v) is 5.71. The second-order valence-electron chi connectivity index (χ2n) is 5.71. The van der Waals surface area contributed by atoms with Gasteiger partial charge in [0.15, 0.2) is 0 Å². The van der Waals surface area contributed by atoms with Crippen molar-refractivity contribution in [1.82, 2.24) is 10.6 Å². The standard InChI is InChI=1S/C15H27N3O4/c1-5-6-10(13(19)17-4)8-12(15(21)22)18-14(20)11(16)7-9(2)3/h5,9-12H,1,6-8,16H2,2-4H3,(H,17,19)(H,18,20)(H,21,22)/t10?,11-,12-/m0/s1. The molecule has 7 nitrogen and oxygen atoms in total. The van der Waals surface area contributed by atoms with Gasteiger partial charge in [-0.2, -0.15) is 0 Å². The van der Waals surface area contributed by atoms with Crippen LogP contribution in [0.3, 0.4) is 0 Å². The summed E-state index contributed by atoms with van der Waals surface area (Å²) in [6.45, 7) is 7.40. The summed E-state index contributed by atoms with van der Waals surface area (Å²) >= 11 is 0. The Balaban J connectivity index is 4.84. The number of carbonyl (C=O) groups is 3. The smallest absolute Gasteiger partial charge is 0.326 e. The van der Waals surface area contributed by atoms with Crippen molar-refractivity contribution in [3.05, 3.63) is 12.7 Å². The van der Waals surface area contributed by atoms with Crippen LogP contribution in [0.1, 0.15) is 33.1 Å². The van der Waals surface area contributed by atoms with Gasteiger partial charge in [0.05, 0.1) is 6.04 Å². The minimum Gasteiger partial charge on any atom is -0.480 e. The van der Waals surface area contributed by atoms with Gasteiger partial charge >= 0.3 is 5.97 Å². The Morgan fingerprint density at radius 3 is 2.23 bits per heavy atom. The van der Waals surface area contributed by atoms with E-state index in [-0.39, 0.29) is 18.2 Å². The fraction of sp³-hybridized carbons (Fsp3) is 0.667. The molecular weight excluding hydrogens is 286 g/mol. The Bertz CT molecular complexity index is 410. The average Bonchev–Trinajstić information content (AvgIpc) is 2.43. The lowest BCUT2D eigenvalue weighted by atomic mass is 9.95. The molecule has 0 aromatic rings. The highest BCUT2D eigenvalue weighted by Gasteiger charge is 2.28. The summed E-state index contributed by atoms with van der Waals surface area (Å²) in [7, 11) is 1.48. The summed E-state index contributed by atoms with van der Waals surface area (Å²) in [5.41, 5.74) is 5.74. The summed E-state index contributed by atoms with van der Waals surface area (Å²) in [6.07, 6.45) is 2.33. The van der Waals surface area contributed by atoms with Gasteiger partial charge in [-0.1, -0.05) is 19.9 Å². The van der Waals surface area contributed by atoms with Crippen LogP contribution in [0.25, 0.3) is 0 Å². The molecule has 0 aromatic carbocycles. The van der Waals surface area contributed by atoms with Crippen LogP contribution in [-0.4, -0.2) is 42.0 Å². The van der Waals surface area contributed by atoms with E-state index < -0.39 is 29.9 Å². The van der Waals surface area contributed by atoms with E-state index in [1.807, 2.05) is 13.8 Å². The normalized spacial score (nSPS) is 14.8. The molecule has 5 N–H and O–H groups in total. The number of amides is 2. The minimum absolute atomic E-state index is 0.0127. The van der Waals surface area contributed by atoms with E-state index >= 15 is 0 Å². The maximum absolute atomic E-state index is 12.0. The molecule has 0 saturated heterocycles. The van der Waals surface area contributed by atoms with Gasteiger partial charge in [0.2, 0.25) is 11.8 Å². The molecule has 0 radical (unpaired) electrons. The second kappa shape index (κ2) is 9.94. The highest BCUT2D eigenvalue weighted by molar-refractivity contribution is 5.87. The summed E-state index contributed by atoms with van der Waals surface area (Å²) in [6, 6.07) is -1.92. The SMILES string of the molecule is C=CCC(C[C@H](NC(=O)[C@@H](N)CC(C)C)C(=O)O)C(=O)NC. The number of carboxylic acid groups (broad SMARTS) is 1. The molecule has 0 aliphatic rings. The first kappa shape index (κ1) is 20.1. The third-order valence-corrected chi connectivity index (χ3v) is 3.27. The lowest BCUT2D eigenvalue weighted by Crippen LogP contribution is -2.50. The number of nitrogens with one attached hydrogen (secondary N) is 2. The molecule has 126 valence electrons. The molecule has 0 bridgehead atoms. The van der Waals surface area contributed by atoms with Crippen molar-refractivity contribution >= 4 is 17.8 Å². The first-order chi connectivity index (χ1) is 10.2. The fourth-order valence-corrected chi connectivity index (χ4v) is 2.12. The summed E-state index contributed by atoms with van der Waals surface area (Å²) in [5.74, 6) is -2.33. The van der Waals surface area contributed by atoms with Crippen molar-refractivity contribution in [2.45, 2.75) is 45.2 Å². The third kappa shape index (κ3) is 7.21. The van der Waals surface area contributed by atoms with Gasteiger partial charge in [0.1, 0.15) is 6.04 Å². The van der Waals surface area contributed by atoms with E-state index in [9.17, 15) is 19.5 Å². The highest BCUT2D eigenvalue weighted by atomic mass is 16.4. The maximum atomic E-state index is 12.0. The molecule has 2 amide bonds. The third-order valence-electron chi connectivity index (χ3n) is 3.27. The monoisotopic (exact) mass is 313 g/mol. The van der Waals surface area contributed by atoms with Crippen molar-refractivity contribution in [3.8, 4) is 0 Å². The van der Waals surface area contributed by atoms with Gasteiger partial charge in [-0.3, -0.25) is 9.59 Å². The Hall–Kier alpha value is -1.89. The number of carboxylic acids is 1. The van der Waals surface area contributed by atoms with Crippen LogP contribution < -0.4 is 16.4 Å². The number of hydrogen-bond donors (Lipinski definition) is 4. The quantitative estimate of drug-likeness (QED) is 0.431. The van der Waals surface area contributed by atoms with E-state index in [4.69, 9.17) is 5.73 Å². The van der Waals surface area contributed by atoms with E-state index in [1.165, 1.54) is 7.05 Å². The van der Waals surface area contributed by atoms with Crippen LogP contribution in [0.4, 0.5) is 0 Å². The van der Waals surface area contributed by atoms with E-state index in [2.05, 4.69) is 17.2 Å². The zero-order valence-electron chi connectivity index (χ0n) is 13.5. The lowest BCUT2D eigenvalue weighted by molar-refractivity contribution is -0.143. The van der Waals surface area contributed by atoms with Crippen LogP contribution >= 0.6 is 0 Å².